The normalized spacial score (nSPS) is 13.2. The van der Waals surface area contributed by atoms with Gasteiger partial charge in [0.05, 0.1) is 6.61 Å². The minimum absolute atomic E-state index is 0.138. The number of nitrogens with zero attached hydrogens (tertiary/aromatic N) is 1. The Balaban J connectivity index is 2.04. The SMILES string of the molecule is CCOc1cc(=O)n2c(c1C(=O)Nc1cc(Cl)cc(Cl)c1)CCCC2. The predicted octanol–water partition coefficient (Wildman–Crippen LogP) is 4.14. The Morgan fingerprint density at radius 1 is 1.20 bits per heavy atom. The van der Waals surface area contributed by atoms with Crippen molar-refractivity contribution in [2.45, 2.75) is 32.7 Å². The van der Waals surface area contributed by atoms with Gasteiger partial charge in [0, 0.05) is 34.0 Å². The average molecular weight is 381 g/mol. The fourth-order valence-corrected chi connectivity index (χ4v) is 3.60. The molecule has 0 atom stereocenters. The number of benzene rings is 1. The number of pyridine rings is 1. The van der Waals surface area contributed by atoms with Crippen molar-refractivity contribution in [1.29, 1.82) is 0 Å². The van der Waals surface area contributed by atoms with E-state index in [4.69, 9.17) is 27.9 Å². The molecule has 5 nitrogen and oxygen atoms in total. The fourth-order valence-electron chi connectivity index (χ4n) is 3.07. The van der Waals surface area contributed by atoms with Gasteiger partial charge in [-0.2, -0.15) is 0 Å². The van der Waals surface area contributed by atoms with E-state index in [-0.39, 0.29) is 11.5 Å². The van der Waals surface area contributed by atoms with Gasteiger partial charge in [-0.3, -0.25) is 9.59 Å². The summed E-state index contributed by atoms with van der Waals surface area (Å²) >= 11 is 12.0. The Hall–Kier alpha value is -1.98. The molecular formula is C18H18Cl2N2O3. The van der Waals surface area contributed by atoms with Crippen LogP contribution in [0.2, 0.25) is 10.0 Å². The van der Waals surface area contributed by atoms with Crippen LogP contribution in [0.1, 0.15) is 35.8 Å². The van der Waals surface area contributed by atoms with E-state index in [0.29, 0.717) is 52.3 Å². The topological polar surface area (TPSA) is 60.3 Å². The van der Waals surface area contributed by atoms with Crippen LogP contribution in [-0.4, -0.2) is 17.1 Å². The highest BCUT2D eigenvalue weighted by atomic mass is 35.5. The van der Waals surface area contributed by atoms with Crippen molar-refractivity contribution >= 4 is 34.8 Å². The lowest BCUT2D eigenvalue weighted by Gasteiger charge is -2.23. The predicted molar refractivity (Wildman–Crippen MR) is 99.2 cm³/mol. The van der Waals surface area contributed by atoms with Crippen LogP contribution >= 0.6 is 23.2 Å². The average Bonchev–Trinajstić information content (AvgIpc) is 2.54. The first-order valence-electron chi connectivity index (χ1n) is 8.16. The molecule has 0 fully saturated rings. The number of hydrogen-bond acceptors (Lipinski definition) is 3. The van der Waals surface area contributed by atoms with E-state index < -0.39 is 0 Å². The Morgan fingerprint density at radius 2 is 1.92 bits per heavy atom. The van der Waals surface area contributed by atoms with Gasteiger partial charge >= 0.3 is 0 Å². The highest BCUT2D eigenvalue weighted by Gasteiger charge is 2.24. The Bertz CT molecular complexity index is 857. The fraction of sp³-hybridized carbons (Fsp3) is 0.333. The molecule has 0 spiro atoms. The number of halogens is 2. The van der Waals surface area contributed by atoms with Crippen molar-refractivity contribution in [1.82, 2.24) is 4.57 Å². The van der Waals surface area contributed by atoms with Crippen LogP contribution in [-0.2, 0) is 13.0 Å². The molecule has 2 aromatic rings. The van der Waals surface area contributed by atoms with E-state index >= 15 is 0 Å². The third kappa shape index (κ3) is 3.83. The summed E-state index contributed by atoms with van der Waals surface area (Å²) in [6, 6.07) is 6.22. The number of anilines is 1. The second-order valence-electron chi connectivity index (χ2n) is 5.82. The van der Waals surface area contributed by atoms with Gasteiger partial charge < -0.3 is 14.6 Å². The second-order valence-corrected chi connectivity index (χ2v) is 6.70. The van der Waals surface area contributed by atoms with Crippen molar-refractivity contribution in [3.05, 3.63) is 55.9 Å². The van der Waals surface area contributed by atoms with Gasteiger partial charge in [0.2, 0.25) is 0 Å². The molecule has 1 aliphatic heterocycles. The van der Waals surface area contributed by atoms with Crippen molar-refractivity contribution in [2.75, 3.05) is 11.9 Å². The molecule has 3 rings (SSSR count). The Labute approximate surface area is 155 Å². The van der Waals surface area contributed by atoms with E-state index in [1.54, 1.807) is 22.8 Å². The Morgan fingerprint density at radius 3 is 2.60 bits per heavy atom. The second kappa shape index (κ2) is 7.50. The lowest BCUT2D eigenvalue weighted by molar-refractivity contribution is 0.102. The van der Waals surface area contributed by atoms with Gasteiger partial charge in [-0.15, -0.1) is 0 Å². The molecule has 2 heterocycles. The van der Waals surface area contributed by atoms with E-state index in [2.05, 4.69) is 5.32 Å². The summed E-state index contributed by atoms with van der Waals surface area (Å²) in [6.07, 6.45) is 2.51. The number of carbonyl (C=O) groups excluding carboxylic acids is 1. The van der Waals surface area contributed by atoms with E-state index in [1.165, 1.54) is 6.07 Å². The number of ether oxygens (including phenoxy) is 1. The third-order valence-electron chi connectivity index (χ3n) is 4.07. The molecule has 0 unspecified atom stereocenters. The summed E-state index contributed by atoms with van der Waals surface area (Å²) in [5.74, 6) is -0.0290. The van der Waals surface area contributed by atoms with E-state index in [1.807, 2.05) is 6.92 Å². The smallest absolute Gasteiger partial charge is 0.261 e. The molecule has 1 aliphatic rings. The van der Waals surface area contributed by atoms with Gasteiger partial charge in [-0.05, 0) is 44.4 Å². The molecule has 1 N–H and O–H groups in total. The van der Waals surface area contributed by atoms with Crippen LogP contribution in [0.3, 0.4) is 0 Å². The van der Waals surface area contributed by atoms with E-state index in [0.717, 1.165) is 12.8 Å². The zero-order valence-electron chi connectivity index (χ0n) is 13.8. The molecule has 0 bridgehead atoms. The van der Waals surface area contributed by atoms with Crippen LogP contribution in [0, 0.1) is 0 Å². The highest BCUT2D eigenvalue weighted by molar-refractivity contribution is 6.35. The summed E-state index contributed by atoms with van der Waals surface area (Å²) < 4.78 is 7.22. The summed E-state index contributed by atoms with van der Waals surface area (Å²) in [7, 11) is 0. The van der Waals surface area contributed by atoms with Gasteiger partial charge in [0.1, 0.15) is 11.3 Å². The summed E-state index contributed by atoms with van der Waals surface area (Å²) in [4.78, 5) is 25.2. The van der Waals surface area contributed by atoms with Gasteiger partial charge in [-0.25, -0.2) is 0 Å². The number of rotatable bonds is 4. The van der Waals surface area contributed by atoms with Gasteiger partial charge in [0.15, 0.2) is 0 Å². The van der Waals surface area contributed by atoms with Crippen LogP contribution in [0.15, 0.2) is 29.1 Å². The lowest BCUT2D eigenvalue weighted by Crippen LogP contribution is -2.31. The zero-order chi connectivity index (χ0) is 18.0. The largest absolute Gasteiger partial charge is 0.493 e. The van der Waals surface area contributed by atoms with Crippen molar-refractivity contribution < 1.29 is 9.53 Å². The maximum Gasteiger partial charge on any atom is 0.261 e. The number of nitrogens with one attached hydrogen (secondary N) is 1. The number of hydrogen-bond donors (Lipinski definition) is 1. The molecule has 0 saturated heterocycles. The van der Waals surface area contributed by atoms with E-state index in [9.17, 15) is 9.59 Å². The molecule has 1 amide bonds. The van der Waals surface area contributed by atoms with Gasteiger partial charge in [0.25, 0.3) is 11.5 Å². The number of amides is 1. The van der Waals surface area contributed by atoms with Crippen LogP contribution in [0.25, 0.3) is 0 Å². The summed E-state index contributed by atoms with van der Waals surface area (Å²) in [5.41, 5.74) is 1.47. The molecule has 0 saturated carbocycles. The minimum Gasteiger partial charge on any atom is -0.493 e. The maximum absolute atomic E-state index is 12.9. The molecule has 1 aromatic heterocycles. The van der Waals surface area contributed by atoms with Crippen LogP contribution in [0.4, 0.5) is 5.69 Å². The minimum atomic E-state index is -0.340. The number of fused-ring (bicyclic) bond motifs is 1. The third-order valence-corrected chi connectivity index (χ3v) is 4.51. The van der Waals surface area contributed by atoms with Crippen molar-refractivity contribution in [3.63, 3.8) is 0 Å². The molecule has 0 aliphatic carbocycles. The molecule has 132 valence electrons. The maximum atomic E-state index is 12.9. The first-order chi connectivity index (χ1) is 12.0. The highest BCUT2D eigenvalue weighted by Crippen LogP contribution is 2.28. The number of aromatic nitrogens is 1. The Kier molecular flexibility index (Phi) is 5.35. The summed E-state index contributed by atoms with van der Waals surface area (Å²) in [5, 5.41) is 3.66. The van der Waals surface area contributed by atoms with Crippen molar-refractivity contribution in [3.8, 4) is 5.75 Å². The van der Waals surface area contributed by atoms with Gasteiger partial charge in [-0.1, -0.05) is 23.2 Å². The first kappa shape index (κ1) is 17.8. The first-order valence-corrected chi connectivity index (χ1v) is 8.92. The van der Waals surface area contributed by atoms with Crippen LogP contribution < -0.4 is 15.6 Å². The molecule has 25 heavy (non-hydrogen) atoms. The van der Waals surface area contributed by atoms with Crippen LogP contribution in [0.5, 0.6) is 5.75 Å². The molecule has 1 aromatic carbocycles. The summed E-state index contributed by atoms with van der Waals surface area (Å²) in [6.45, 7) is 2.80. The van der Waals surface area contributed by atoms with Crippen molar-refractivity contribution in [2.24, 2.45) is 0 Å². The quantitative estimate of drug-likeness (QED) is 0.866. The monoisotopic (exact) mass is 380 g/mol. The zero-order valence-corrected chi connectivity index (χ0v) is 15.3. The molecular weight excluding hydrogens is 363 g/mol. The molecule has 0 radical (unpaired) electrons. The standard InChI is InChI=1S/C18H18Cl2N2O3/c1-2-25-15-10-16(23)22-6-4-3-5-14(22)17(15)18(24)21-13-8-11(19)7-12(20)9-13/h7-10H,2-6H2,1H3,(H,21,24). The molecule has 7 heteroatoms. The lowest BCUT2D eigenvalue weighted by atomic mass is 10.0. The number of carbonyl (C=O) groups is 1.